The van der Waals surface area contributed by atoms with Crippen LogP contribution in [-0.2, 0) is 4.74 Å². The first-order chi connectivity index (χ1) is 17.2. The highest BCUT2D eigenvalue weighted by Gasteiger charge is 2.07. The van der Waals surface area contributed by atoms with Gasteiger partial charge in [0.1, 0.15) is 5.75 Å². The molecule has 2 rings (SSSR count). The molecular weight excluding hydrogens is 428 g/mol. The second kappa shape index (κ2) is 19.4. The van der Waals surface area contributed by atoms with Crippen LogP contribution in [0.15, 0.2) is 48.5 Å². The Labute approximate surface area is 216 Å². The van der Waals surface area contributed by atoms with Crippen molar-refractivity contribution in [1.29, 1.82) is 0 Å². The molecule has 0 aliphatic rings. The van der Waals surface area contributed by atoms with E-state index >= 15 is 0 Å². The SMILES string of the molecule is CCCCCCCCCCOC(C)c1ccc(-c2ccc(OCCCCCCCCC)cc2)cc1. The van der Waals surface area contributed by atoms with Gasteiger partial charge in [0.2, 0.25) is 0 Å². The fraction of sp³-hybridized carbons (Fsp3) is 0.636. The minimum atomic E-state index is 0.149. The van der Waals surface area contributed by atoms with Crippen molar-refractivity contribution in [2.45, 2.75) is 123 Å². The lowest BCUT2D eigenvalue weighted by atomic mass is 10.0. The Morgan fingerprint density at radius 2 is 0.943 bits per heavy atom. The number of unbranched alkanes of at least 4 members (excludes halogenated alkanes) is 13. The summed E-state index contributed by atoms with van der Waals surface area (Å²) in [6.07, 6.45) is 20.0. The molecule has 0 aromatic heterocycles. The molecule has 0 aliphatic heterocycles. The van der Waals surface area contributed by atoms with E-state index < -0.39 is 0 Å². The van der Waals surface area contributed by atoms with Crippen molar-refractivity contribution in [2.75, 3.05) is 13.2 Å². The van der Waals surface area contributed by atoms with Crippen molar-refractivity contribution in [3.63, 3.8) is 0 Å². The number of hydrogen-bond acceptors (Lipinski definition) is 2. The largest absolute Gasteiger partial charge is 0.494 e. The second-order valence-corrected chi connectivity index (χ2v) is 10.1. The molecule has 0 amide bonds. The molecular formula is C33H52O2. The zero-order valence-corrected chi connectivity index (χ0v) is 23.0. The molecule has 35 heavy (non-hydrogen) atoms. The van der Waals surface area contributed by atoms with Crippen LogP contribution in [0.2, 0.25) is 0 Å². The van der Waals surface area contributed by atoms with Gasteiger partial charge in [-0.3, -0.25) is 0 Å². The molecule has 0 aliphatic carbocycles. The topological polar surface area (TPSA) is 18.5 Å². The lowest BCUT2D eigenvalue weighted by Gasteiger charge is -2.14. The lowest BCUT2D eigenvalue weighted by molar-refractivity contribution is 0.0627. The number of ether oxygens (including phenoxy) is 2. The molecule has 2 aromatic carbocycles. The van der Waals surface area contributed by atoms with Crippen molar-refractivity contribution >= 4 is 0 Å². The van der Waals surface area contributed by atoms with Gasteiger partial charge in [0.25, 0.3) is 0 Å². The second-order valence-electron chi connectivity index (χ2n) is 10.1. The fourth-order valence-electron chi connectivity index (χ4n) is 4.53. The minimum Gasteiger partial charge on any atom is -0.494 e. The van der Waals surface area contributed by atoms with E-state index in [0.717, 1.165) is 25.4 Å². The van der Waals surface area contributed by atoms with Gasteiger partial charge in [-0.1, -0.05) is 134 Å². The van der Waals surface area contributed by atoms with Crippen LogP contribution in [0.5, 0.6) is 5.75 Å². The molecule has 0 saturated heterocycles. The molecule has 0 N–H and O–H groups in total. The average Bonchev–Trinajstić information content (AvgIpc) is 2.89. The molecule has 0 spiro atoms. The fourth-order valence-corrected chi connectivity index (χ4v) is 4.53. The highest BCUT2D eigenvalue weighted by atomic mass is 16.5. The van der Waals surface area contributed by atoms with Crippen LogP contribution in [0.1, 0.15) is 129 Å². The monoisotopic (exact) mass is 480 g/mol. The Bertz CT molecular complexity index is 735. The molecule has 0 fully saturated rings. The van der Waals surface area contributed by atoms with E-state index in [2.05, 4.69) is 69.3 Å². The van der Waals surface area contributed by atoms with Gasteiger partial charge in [-0.05, 0) is 48.6 Å². The quantitative estimate of drug-likeness (QED) is 0.165. The van der Waals surface area contributed by atoms with Gasteiger partial charge >= 0.3 is 0 Å². The lowest BCUT2D eigenvalue weighted by Crippen LogP contribution is -2.01. The third kappa shape index (κ3) is 13.2. The van der Waals surface area contributed by atoms with Crippen LogP contribution in [0.4, 0.5) is 0 Å². The first-order valence-electron chi connectivity index (χ1n) is 14.7. The molecule has 2 nitrogen and oxygen atoms in total. The summed E-state index contributed by atoms with van der Waals surface area (Å²) < 4.78 is 12.0. The van der Waals surface area contributed by atoms with Gasteiger partial charge in [-0.25, -0.2) is 0 Å². The van der Waals surface area contributed by atoms with Crippen molar-refractivity contribution in [3.05, 3.63) is 54.1 Å². The van der Waals surface area contributed by atoms with E-state index in [1.54, 1.807) is 0 Å². The molecule has 0 heterocycles. The summed E-state index contributed by atoms with van der Waals surface area (Å²) in [4.78, 5) is 0. The Balaban J connectivity index is 1.62. The molecule has 0 saturated carbocycles. The van der Waals surface area contributed by atoms with Crippen LogP contribution in [-0.4, -0.2) is 13.2 Å². The van der Waals surface area contributed by atoms with E-state index in [0.29, 0.717) is 0 Å². The Kier molecular flexibility index (Phi) is 16.3. The van der Waals surface area contributed by atoms with Crippen LogP contribution in [0.25, 0.3) is 11.1 Å². The summed E-state index contributed by atoms with van der Waals surface area (Å²) in [7, 11) is 0. The standard InChI is InChI=1S/C33H52O2/c1-4-6-8-10-12-14-15-17-27-34-29(3)30-19-21-31(22-20-30)32-23-25-33(26-24-32)35-28-18-16-13-11-9-7-5-2/h19-26,29H,4-18,27-28H2,1-3H3. The molecule has 196 valence electrons. The number of rotatable bonds is 21. The van der Waals surface area contributed by atoms with Gasteiger partial charge in [0.05, 0.1) is 12.7 Å². The van der Waals surface area contributed by atoms with Crippen molar-refractivity contribution in [2.24, 2.45) is 0 Å². The van der Waals surface area contributed by atoms with E-state index in [9.17, 15) is 0 Å². The maximum Gasteiger partial charge on any atom is 0.119 e. The minimum absolute atomic E-state index is 0.149. The molecule has 2 aromatic rings. The maximum atomic E-state index is 6.10. The van der Waals surface area contributed by atoms with Gasteiger partial charge in [0, 0.05) is 6.61 Å². The van der Waals surface area contributed by atoms with Crippen molar-refractivity contribution in [3.8, 4) is 16.9 Å². The first-order valence-corrected chi connectivity index (χ1v) is 14.7. The normalized spacial score (nSPS) is 12.1. The Morgan fingerprint density at radius 1 is 0.514 bits per heavy atom. The van der Waals surface area contributed by atoms with Gasteiger partial charge in [-0.2, -0.15) is 0 Å². The maximum absolute atomic E-state index is 6.10. The molecule has 0 bridgehead atoms. The Hall–Kier alpha value is -1.80. The van der Waals surface area contributed by atoms with Gasteiger partial charge in [-0.15, -0.1) is 0 Å². The average molecular weight is 481 g/mol. The zero-order chi connectivity index (χ0) is 25.0. The van der Waals surface area contributed by atoms with Crippen LogP contribution in [0.3, 0.4) is 0 Å². The summed E-state index contributed by atoms with van der Waals surface area (Å²) in [5.41, 5.74) is 3.72. The van der Waals surface area contributed by atoms with E-state index in [-0.39, 0.29) is 6.10 Å². The number of benzene rings is 2. The molecule has 1 atom stereocenters. The summed E-state index contributed by atoms with van der Waals surface area (Å²) in [5, 5.41) is 0. The highest BCUT2D eigenvalue weighted by molar-refractivity contribution is 5.64. The summed E-state index contributed by atoms with van der Waals surface area (Å²) in [5.74, 6) is 0.972. The van der Waals surface area contributed by atoms with Crippen LogP contribution < -0.4 is 4.74 Å². The summed E-state index contributed by atoms with van der Waals surface area (Å²) in [6.45, 7) is 8.38. The van der Waals surface area contributed by atoms with Crippen LogP contribution in [0, 0.1) is 0 Å². The van der Waals surface area contributed by atoms with E-state index in [1.165, 1.54) is 107 Å². The van der Waals surface area contributed by atoms with Crippen LogP contribution >= 0.6 is 0 Å². The molecule has 1 unspecified atom stereocenters. The summed E-state index contributed by atoms with van der Waals surface area (Å²) >= 11 is 0. The predicted octanol–water partition coefficient (Wildman–Crippen LogP) is 10.7. The Morgan fingerprint density at radius 3 is 1.46 bits per heavy atom. The van der Waals surface area contributed by atoms with Crippen molar-refractivity contribution < 1.29 is 9.47 Å². The first kappa shape index (κ1) is 29.4. The predicted molar refractivity (Wildman–Crippen MR) is 152 cm³/mol. The van der Waals surface area contributed by atoms with Crippen molar-refractivity contribution in [1.82, 2.24) is 0 Å². The highest BCUT2D eigenvalue weighted by Crippen LogP contribution is 2.25. The van der Waals surface area contributed by atoms with E-state index in [4.69, 9.17) is 9.47 Å². The molecule has 0 radical (unpaired) electrons. The smallest absolute Gasteiger partial charge is 0.119 e. The van der Waals surface area contributed by atoms with Gasteiger partial charge in [0.15, 0.2) is 0 Å². The van der Waals surface area contributed by atoms with E-state index in [1.807, 2.05) is 0 Å². The number of hydrogen-bond donors (Lipinski definition) is 0. The third-order valence-electron chi connectivity index (χ3n) is 6.95. The van der Waals surface area contributed by atoms with Gasteiger partial charge < -0.3 is 9.47 Å². The zero-order valence-electron chi connectivity index (χ0n) is 23.0. The molecule has 2 heteroatoms. The third-order valence-corrected chi connectivity index (χ3v) is 6.95. The summed E-state index contributed by atoms with van der Waals surface area (Å²) in [6, 6.07) is 17.4.